The van der Waals surface area contributed by atoms with Gasteiger partial charge in [-0.3, -0.25) is 4.79 Å². The fourth-order valence-electron chi connectivity index (χ4n) is 1.90. The molecule has 1 amide bonds. The van der Waals surface area contributed by atoms with Gasteiger partial charge in [-0.05, 0) is 25.2 Å². The summed E-state index contributed by atoms with van der Waals surface area (Å²) in [5.74, 6) is -0.237. The van der Waals surface area contributed by atoms with Crippen LogP contribution in [0.25, 0.3) is 0 Å². The largest absolute Gasteiger partial charge is 0.311 e. The SMILES string of the molecule is CNCC(=O)N1CC(C)Sc2cc(F)ccc21. The number of rotatable bonds is 2. The van der Waals surface area contributed by atoms with E-state index in [-0.39, 0.29) is 17.0 Å². The summed E-state index contributed by atoms with van der Waals surface area (Å²) in [4.78, 5) is 14.5. The fraction of sp³-hybridized carbons (Fsp3) is 0.417. The summed E-state index contributed by atoms with van der Waals surface area (Å²) in [5, 5.41) is 3.13. The van der Waals surface area contributed by atoms with Crippen molar-refractivity contribution < 1.29 is 9.18 Å². The van der Waals surface area contributed by atoms with Gasteiger partial charge in [0.05, 0.1) is 12.2 Å². The topological polar surface area (TPSA) is 32.3 Å². The van der Waals surface area contributed by atoms with Gasteiger partial charge in [-0.15, -0.1) is 11.8 Å². The molecule has 0 aromatic heterocycles. The van der Waals surface area contributed by atoms with Crippen LogP contribution in [-0.2, 0) is 4.79 Å². The van der Waals surface area contributed by atoms with Crippen molar-refractivity contribution in [2.24, 2.45) is 0 Å². The van der Waals surface area contributed by atoms with E-state index in [0.717, 1.165) is 10.6 Å². The van der Waals surface area contributed by atoms with Crippen LogP contribution in [0.3, 0.4) is 0 Å². The van der Waals surface area contributed by atoms with Crippen LogP contribution in [0.15, 0.2) is 23.1 Å². The molecule has 1 N–H and O–H groups in total. The number of hydrogen-bond acceptors (Lipinski definition) is 3. The van der Waals surface area contributed by atoms with Gasteiger partial charge in [0.1, 0.15) is 5.82 Å². The Morgan fingerprint density at radius 2 is 2.41 bits per heavy atom. The molecule has 1 heterocycles. The Bertz CT molecular complexity index is 439. The Morgan fingerprint density at radius 3 is 3.12 bits per heavy atom. The molecule has 0 bridgehead atoms. The molecule has 1 aromatic carbocycles. The van der Waals surface area contributed by atoms with Gasteiger partial charge in [-0.25, -0.2) is 4.39 Å². The van der Waals surface area contributed by atoms with E-state index in [1.165, 1.54) is 12.1 Å². The second kappa shape index (κ2) is 5.06. The number of carbonyl (C=O) groups excluding carboxylic acids is 1. The number of anilines is 1. The van der Waals surface area contributed by atoms with Gasteiger partial charge in [0.2, 0.25) is 5.91 Å². The van der Waals surface area contributed by atoms with Crippen LogP contribution in [0, 0.1) is 5.82 Å². The highest BCUT2D eigenvalue weighted by molar-refractivity contribution is 8.00. The molecule has 2 rings (SSSR count). The van der Waals surface area contributed by atoms with E-state index < -0.39 is 0 Å². The first-order valence-electron chi connectivity index (χ1n) is 5.53. The van der Waals surface area contributed by atoms with Gasteiger partial charge >= 0.3 is 0 Å². The number of hydrogen-bond donors (Lipinski definition) is 1. The van der Waals surface area contributed by atoms with Crippen LogP contribution < -0.4 is 10.2 Å². The van der Waals surface area contributed by atoms with Crippen molar-refractivity contribution in [2.75, 3.05) is 25.0 Å². The molecule has 0 radical (unpaired) electrons. The maximum atomic E-state index is 13.2. The van der Waals surface area contributed by atoms with Gasteiger partial charge in [-0.1, -0.05) is 6.92 Å². The third-order valence-electron chi connectivity index (χ3n) is 2.61. The maximum Gasteiger partial charge on any atom is 0.240 e. The normalized spacial score (nSPS) is 19.0. The monoisotopic (exact) mass is 254 g/mol. The second-order valence-corrected chi connectivity index (χ2v) is 5.56. The minimum absolute atomic E-state index is 0.0208. The molecule has 3 nitrogen and oxygen atoms in total. The predicted octanol–water partition coefficient (Wildman–Crippen LogP) is 1.87. The molecule has 0 saturated carbocycles. The van der Waals surface area contributed by atoms with Crippen molar-refractivity contribution in [3.05, 3.63) is 24.0 Å². The summed E-state index contributed by atoms with van der Waals surface area (Å²) < 4.78 is 13.2. The van der Waals surface area contributed by atoms with Crippen molar-refractivity contribution >= 4 is 23.4 Å². The molecule has 1 unspecified atom stereocenters. The zero-order valence-electron chi connectivity index (χ0n) is 9.87. The zero-order chi connectivity index (χ0) is 12.4. The minimum Gasteiger partial charge on any atom is -0.311 e. The number of halogens is 1. The van der Waals surface area contributed by atoms with E-state index in [1.54, 1.807) is 29.8 Å². The fourth-order valence-corrected chi connectivity index (χ4v) is 3.03. The van der Waals surface area contributed by atoms with Crippen LogP contribution in [0.5, 0.6) is 0 Å². The lowest BCUT2D eigenvalue weighted by Gasteiger charge is -2.32. The Labute approximate surface area is 104 Å². The van der Waals surface area contributed by atoms with Crippen LogP contribution in [-0.4, -0.2) is 31.3 Å². The Balaban J connectivity index is 2.34. The third-order valence-corrected chi connectivity index (χ3v) is 3.74. The lowest BCUT2D eigenvalue weighted by Crippen LogP contribution is -2.42. The minimum atomic E-state index is -0.258. The molecule has 0 fully saturated rings. The molecule has 1 atom stereocenters. The summed E-state index contributed by atoms with van der Waals surface area (Å²) in [6.45, 7) is 3.01. The lowest BCUT2D eigenvalue weighted by molar-refractivity contribution is -0.117. The molecule has 1 aromatic rings. The van der Waals surface area contributed by atoms with E-state index in [1.807, 2.05) is 6.92 Å². The molecule has 0 aliphatic carbocycles. The number of carbonyl (C=O) groups is 1. The number of thioether (sulfide) groups is 1. The lowest BCUT2D eigenvalue weighted by atomic mass is 10.2. The first-order chi connectivity index (χ1) is 8.11. The number of benzene rings is 1. The number of amides is 1. The highest BCUT2D eigenvalue weighted by atomic mass is 32.2. The standard InChI is InChI=1S/C12H15FN2OS/c1-8-7-15(12(16)6-14-2)10-4-3-9(13)5-11(10)17-8/h3-5,8,14H,6-7H2,1-2H3. The average molecular weight is 254 g/mol. The molecule has 17 heavy (non-hydrogen) atoms. The molecule has 92 valence electrons. The first kappa shape index (κ1) is 12.4. The van der Waals surface area contributed by atoms with Crippen molar-refractivity contribution in [3.8, 4) is 0 Å². The van der Waals surface area contributed by atoms with Crippen LogP contribution in [0.1, 0.15) is 6.92 Å². The van der Waals surface area contributed by atoms with Gasteiger partial charge in [-0.2, -0.15) is 0 Å². The molecule has 0 saturated heterocycles. The van der Waals surface area contributed by atoms with Crippen LogP contribution in [0.2, 0.25) is 0 Å². The predicted molar refractivity (Wildman–Crippen MR) is 68.0 cm³/mol. The molecular formula is C12H15FN2OS. The van der Waals surface area contributed by atoms with Crippen molar-refractivity contribution in [2.45, 2.75) is 17.1 Å². The van der Waals surface area contributed by atoms with E-state index in [2.05, 4.69) is 5.32 Å². The molecule has 1 aliphatic rings. The first-order valence-corrected chi connectivity index (χ1v) is 6.41. The summed E-state index contributed by atoms with van der Waals surface area (Å²) in [7, 11) is 1.74. The van der Waals surface area contributed by atoms with Crippen LogP contribution in [0.4, 0.5) is 10.1 Å². The smallest absolute Gasteiger partial charge is 0.240 e. The Hall–Kier alpha value is -1.07. The van der Waals surface area contributed by atoms with E-state index in [4.69, 9.17) is 0 Å². The van der Waals surface area contributed by atoms with E-state index >= 15 is 0 Å². The average Bonchev–Trinajstić information content (AvgIpc) is 2.27. The maximum absolute atomic E-state index is 13.2. The van der Waals surface area contributed by atoms with Gasteiger partial charge in [0, 0.05) is 16.7 Å². The van der Waals surface area contributed by atoms with Gasteiger partial charge in [0.25, 0.3) is 0 Å². The quantitative estimate of drug-likeness (QED) is 0.874. The summed E-state index contributed by atoms with van der Waals surface area (Å²) in [5.41, 5.74) is 0.815. The molecule has 1 aliphatic heterocycles. The highest BCUT2D eigenvalue weighted by Gasteiger charge is 2.26. The number of likely N-dealkylation sites (N-methyl/N-ethyl adjacent to an activating group) is 1. The van der Waals surface area contributed by atoms with Gasteiger partial charge in [0.15, 0.2) is 0 Å². The molecule has 5 heteroatoms. The number of fused-ring (bicyclic) bond motifs is 1. The highest BCUT2D eigenvalue weighted by Crippen LogP contribution is 2.38. The summed E-state index contributed by atoms with van der Waals surface area (Å²) >= 11 is 1.61. The third kappa shape index (κ3) is 2.61. The summed E-state index contributed by atoms with van der Waals surface area (Å²) in [6, 6.07) is 4.57. The van der Waals surface area contributed by atoms with Crippen molar-refractivity contribution in [1.82, 2.24) is 5.32 Å². The van der Waals surface area contributed by atoms with E-state index in [9.17, 15) is 9.18 Å². The summed E-state index contributed by atoms with van der Waals surface area (Å²) in [6.07, 6.45) is 0. The Kier molecular flexibility index (Phi) is 3.69. The molecular weight excluding hydrogens is 239 g/mol. The molecule has 0 spiro atoms. The zero-order valence-corrected chi connectivity index (χ0v) is 10.7. The van der Waals surface area contributed by atoms with Crippen molar-refractivity contribution in [3.63, 3.8) is 0 Å². The van der Waals surface area contributed by atoms with Crippen LogP contribution >= 0.6 is 11.8 Å². The number of nitrogens with one attached hydrogen (secondary N) is 1. The van der Waals surface area contributed by atoms with Crippen molar-refractivity contribution in [1.29, 1.82) is 0 Å². The van der Waals surface area contributed by atoms with E-state index in [0.29, 0.717) is 13.1 Å². The second-order valence-electron chi connectivity index (χ2n) is 4.08. The number of nitrogens with zero attached hydrogens (tertiary/aromatic N) is 1. The Morgan fingerprint density at radius 1 is 1.65 bits per heavy atom. The van der Waals surface area contributed by atoms with Gasteiger partial charge < -0.3 is 10.2 Å².